The number of para-hydroxylation sites is 2. The summed E-state index contributed by atoms with van der Waals surface area (Å²) < 4.78 is 7.94. The number of aromatic nitrogens is 2. The summed E-state index contributed by atoms with van der Waals surface area (Å²) in [4.78, 5) is 9.22. The highest BCUT2D eigenvalue weighted by Crippen LogP contribution is 2.32. The molecule has 2 heterocycles. The van der Waals surface area contributed by atoms with E-state index < -0.39 is 0 Å². The summed E-state index contributed by atoms with van der Waals surface area (Å²) in [6.07, 6.45) is -0.288. The zero-order valence-corrected chi connectivity index (χ0v) is 16.2. The molecule has 6 nitrogen and oxygen atoms in total. The number of guanidine groups is 1. The van der Waals surface area contributed by atoms with Crippen molar-refractivity contribution in [3.05, 3.63) is 88.9 Å². The number of hydrogen-bond acceptors (Lipinski definition) is 5. The molecule has 0 radical (unpaired) electrons. The Morgan fingerprint density at radius 3 is 2.55 bits per heavy atom. The highest BCUT2D eigenvalue weighted by Gasteiger charge is 2.24. The van der Waals surface area contributed by atoms with Gasteiger partial charge in [-0.2, -0.15) is 0 Å². The SMILES string of the molecule is NC1=N[C@@H](c2ccc(OCc3ccc(Cl)cc3)cc2)n2c(nc3ccccc32)N1. The highest BCUT2D eigenvalue weighted by molar-refractivity contribution is 6.30. The first-order valence-electron chi connectivity index (χ1n) is 9.22. The molecule has 5 rings (SSSR count). The molecule has 3 N–H and O–H groups in total. The minimum Gasteiger partial charge on any atom is -0.489 e. The molecule has 4 aromatic rings. The normalized spacial score (nSPS) is 15.5. The average Bonchev–Trinajstić information content (AvgIpc) is 3.11. The zero-order chi connectivity index (χ0) is 19.8. The van der Waals surface area contributed by atoms with Crippen molar-refractivity contribution >= 4 is 34.5 Å². The van der Waals surface area contributed by atoms with Crippen molar-refractivity contribution < 1.29 is 4.74 Å². The van der Waals surface area contributed by atoms with Crippen molar-refractivity contribution in [2.45, 2.75) is 12.8 Å². The number of fused-ring (bicyclic) bond motifs is 3. The number of rotatable bonds is 4. The second-order valence-corrected chi connectivity index (χ2v) is 7.23. The molecule has 0 amide bonds. The Balaban J connectivity index is 1.41. The number of nitrogens with zero attached hydrogens (tertiary/aromatic N) is 3. The van der Waals surface area contributed by atoms with Crippen molar-refractivity contribution in [2.75, 3.05) is 5.32 Å². The molecule has 1 aliphatic rings. The van der Waals surface area contributed by atoms with E-state index in [2.05, 4.69) is 19.9 Å². The Morgan fingerprint density at radius 1 is 1.00 bits per heavy atom. The zero-order valence-electron chi connectivity index (χ0n) is 15.4. The lowest BCUT2D eigenvalue weighted by atomic mass is 10.1. The van der Waals surface area contributed by atoms with Crippen LogP contribution in [0, 0.1) is 0 Å². The first-order valence-corrected chi connectivity index (χ1v) is 9.60. The van der Waals surface area contributed by atoms with Gasteiger partial charge in [-0.3, -0.25) is 9.88 Å². The maximum Gasteiger partial charge on any atom is 0.212 e. The molecule has 0 unspecified atom stereocenters. The van der Waals surface area contributed by atoms with E-state index in [0.29, 0.717) is 23.5 Å². The van der Waals surface area contributed by atoms with E-state index in [-0.39, 0.29) is 6.17 Å². The number of aliphatic imine (C=N–C) groups is 1. The second kappa shape index (κ2) is 7.14. The topological polar surface area (TPSA) is 77.5 Å². The maximum absolute atomic E-state index is 6.00. The van der Waals surface area contributed by atoms with E-state index in [0.717, 1.165) is 27.9 Å². The molecule has 1 aliphatic heterocycles. The lowest BCUT2D eigenvalue weighted by Crippen LogP contribution is -2.31. The summed E-state index contributed by atoms with van der Waals surface area (Å²) >= 11 is 5.92. The quantitative estimate of drug-likeness (QED) is 0.523. The summed E-state index contributed by atoms with van der Waals surface area (Å²) in [6.45, 7) is 0.477. The average molecular weight is 404 g/mol. The number of halogens is 1. The first kappa shape index (κ1) is 17.6. The molecule has 0 fully saturated rings. The third-order valence-corrected chi connectivity index (χ3v) is 5.09. The molecule has 0 bridgehead atoms. The lowest BCUT2D eigenvalue weighted by molar-refractivity contribution is 0.306. The second-order valence-electron chi connectivity index (χ2n) is 6.79. The number of nitrogens with one attached hydrogen (secondary N) is 1. The van der Waals surface area contributed by atoms with Gasteiger partial charge < -0.3 is 10.5 Å². The van der Waals surface area contributed by atoms with Gasteiger partial charge in [-0.05, 0) is 47.5 Å². The summed E-state index contributed by atoms with van der Waals surface area (Å²) in [5, 5.41) is 3.76. The van der Waals surface area contributed by atoms with Gasteiger partial charge in [0, 0.05) is 5.02 Å². The molecule has 3 aromatic carbocycles. The van der Waals surface area contributed by atoms with Crippen LogP contribution in [0.5, 0.6) is 5.75 Å². The molecule has 29 heavy (non-hydrogen) atoms. The molecular formula is C22H18ClN5O. The summed E-state index contributed by atoms with van der Waals surface area (Å²) in [7, 11) is 0. The Bertz CT molecular complexity index is 1200. The van der Waals surface area contributed by atoms with E-state index in [9.17, 15) is 0 Å². The van der Waals surface area contributed by atoms with Crippen LogP contribution in [0.4, 0.5) is 5.95 Å². The molecule has 0 aliphatic carbocycles. The molecule has 0 spiro atoms. The Kier molecular flexibility index (Phi) is 4.33. The summed E-state index contributed by atoms with van der Waals surface area (Å²) in [6, 6.07) is 23.5. The van der Waals surface area contributed by atoms with Crippen LogP contribution in [0.25, 0.3) is 11.0 Å². The number of hydrogen-bond donors (Lipinski definition) is 2. The van der Waals surface area contributed by atoms with Gasteiger partial charge in [0.05, 0.1) is 11.0 Å². The van der Waals surface area contributed by atoms with E-state index in [1.165, 1.54) is 0 Å². The first-order chi connectivity index (χ1) is 14.2. The summed E-state index contributed by atoms with van der Waals surface area (Å²) in [5.41, 5.74) is 9.96. The van der Waals surface area contributed by atoms with Crippen LogP contribution < -0.4 is 15.8 Å². The molecule has 7 heteroatoms. The summed E-state index contributed by atoms with van der Waals surface area (Å²) in [5.74, 6) is 1.82. The van der Waals surface area contributed by atoms with Crippen molar-refractivity contribution in [2.24, 2.45) is 10.7 Å². The van der Waals surface area contributed by atoms with E-state index in [4.69, 9.17) is 22.1 Å². The van der Waals surface area contributed by atoms with Gasteiger partial charge in [0.25, 0.3) is 0 Å². The van der Waals surface area contributed by atoms with Crippen LogP contribution in [0.1, 0.15) is 17.3 Å². The predicted molar refractivity (Wildman–Crippen MR) is 115 cm³/mol. The minimum absolute atomic E-state index is 0.288. The Labute approximate surface area is 172 Å². The van der Waals surface area contributed by atoms with Crippen LogP contribution in [0.2, 0.25) is 5.02 Å². The number of nitrogens with two attached hydrogens (primary N) is 1. The van der Waals surface area contributed by atoms with Gasteiger partial charge in [0.1, 0.15) is 12.4 Å². The van der Waals surface area contributed by atoms with Crippen LogP contribution in [0.3, 0.4) is 0 Å². The Hall–Kier alpha value is -3.51. The van der Waals surface area contributed by atoms with E-state index >= 15 is 0 Å². The van der Waals surface area contributed by atoms with Crippen LogP contribution >= 0.6 is 11.6 Å². The maximum atomic E-state index is 6.00. The smallest absolute Gasteiger partial charge is 0.212 e. The fraction of sp³-hybridized carbons (Fsp3) is 0.0909. The molecule has 1 atom stereocenters. The van der Waals surface area contributed by atoms with Crippen LogP contribution in [0.15, 0.2) is 77.8 Å². The van der Waals surface area contributed by atoms with Crippen molar-refractivity contribution in [1.82, 2.24) is 9.55 Å². The van der Waals surface area contributed by atoms with Crippen molar-refractivity contribution in [3.63, 3.8) is 0 Å². The monoisotopic (exact) mass is 403 g/mol. The van der Waals surface area contributed by atoms with Crippen molar-refractivity contribution in [1.29, 1.82) is 0 Å². The lowest BCUT2D eigenvalue weighted by Gasteiger charge is -2.24. The molecular weight excluding hydrogens is 386 g/mol. The fourth-order valence-corrected chi connectivity index (χ4v) is 3.55. The predicted octanol–water partition coefficient (Wildman–Crippen LogP) is 4.56. The standard InChI is InChI=1S/C22H18ClN5O/c23-16-9-5-14(6-10-16)13-29-17-11-7-15(8-12-17)20-26-21(24)27-22-25-18-3-1-2-4-19(18)28(20)22/h1-12,20H,13H2,(H3,24,25,26,27)/t20-/m1/s1. The van der Waals surface area contributed by atoms with Gasteiger partial charge in [-0.15, -0.1) is 0 Å². The third-order valence-electron chi connectivity index (χ3n) is 4.84. The molecule has 0 saturated carbocycles. The van der Waals surface area contributed by atoms with Crippen molar-refractivity contribution in [3.8, 4) is 5.75 Å². The largest absolute Gasteiger partial charge is 0.489 e. The van der Waals surface area contributed by atoms with Crippen LogP contribution in [-0.2, 0) is 6.61 Å². The van der Waals surface area contributed by atoms with Gasteiger partial charge in [0.15, 0.2) is 12.1 Å². The Morgan fingerprint density at radius 2 is 1.76 bits per heavy atom. The highest BCUT2D eigenvalue weighted by atomic mass is 35.5. The van der Waals surface area contributed by atoms with Crippen LogP contribution in [-0.4, -0.2) is 15.5 Å². The number of imidazole rings is 1. The molecule has 1 aromatic heterocycles. The number of ether oxygens (including phenoxy) is 1. The van der Waals surface area contributed by atoms with Gasteiger partial charge >= 0.3 is 0 Å². The molecule has 144 valence electrons. The van der Waals surface area contributed by atoms with Gasteiger partial charge in [-0.25, -0.2) is 9.98 Å². The number of anilines is 1. The van der Waals surface area contributed by atoms with E-state index in [1.54, 1.807) is 0 Å². The molecule has 0 saturated heterocycles. The van der Waals surface area contributed by atoms with E-state index in [1.807, 2.05) is 72.8 Å². The van der Waals surface area contributed by atoms with Gasteiger partial charge in [-0.1, -0.05) is 48.0 Å². The third kappa shape index (κ3) is 3.39. The fourth-order valence-electron chi connectivity index (χ4n) is 3.42. The number of benzene rings is 3. The minimum atomic E-state index is -0.288. The van der Waals surface area contributed by atoms with Gasteiger partial charge in [0.2, 0.25) is 5.95 Å².